The highest BCUT2D eigenvalue weighted by Crippen LogP contribution is 2.24. The van der Waals surface area contributed by atoms with Gasteiger partial charge in [-0.1, -0.05) is 18.9 Å². The Morgan fingerprint density at radius 3 is 2.55 bits per heavy atom. The smallest absolute Gasteiger partial charge is 0.335 e. The number of carbonyl (C=O) groups excluding carboxylic acids is 2. The van der Waals surface area contributed by atoms with Gasteiger partial charge < -0.3 is 15.7 Å². The van der Waals surface area contributed by atoms with Gasteiger partial charge in [-0.3, -0.25) is 9.59 Å². The third kappa shape index (κ3) is 4.07. The van der Waals surface area contributed by atoms with Crippen molar-refractivity contribution >= 4 is 23.5 Å². The molecule has 2 rings (SSSR count). The molecule has 22 heavy (non-hydrogen) atoms. The topological polar surface area (TPSA) is 95.5 Å². The zero-order chi connectivity index (χ0) is 16.1. The van der Waals surface area contributed by atoms with E-state index in [0.29, 0.717) is 5.69 Å². The van der Waals surface area contributed by atoms with Crippen LogP contribution in [0.15, 0.2) is 24.3 Å². The molecule has 1 aromatic carbocycles. The van der Waals surface area contributed by atoms with E-state index in [0.717, 1.165) is 25.7 Å². The molecule has 2 amide bonds. The van der Waals surface area contributed by atoms with Gasteiger partial charge in [-0.25, -0.2) is 4.79 Å². The van der Waals surface area contributed by atoms with Gasteiger partial charge in [0.2, 0.25) is 11.8 Å². The van der Waals surface area contributed by atoms with Crippen LogP contribution in [0.2, 0.25) is 0 Å². The summed E-state index contributed by atoms with van der Waals surface area (Å²) in [6.45, 7) is 1.61. The van der Waals surface area contributed by atoms with Crippen molar-refractivity contribution < 1.29 is 19.5 Å². The van der Waals surface area contributed by atoms with E-state index in [-0.39, 0.29) is 23.3 Å². The van der Waals surface area contributed by atoms with Gasteiger partial charge in [0, 0.05) is 11.6 Å². The lowest BCUT2D eigenvalue weighted by atomic mass is 10.1. The van der Waals surface area contributed by atoms with E-state index in [9.17, 15) is 14.4 Å². The summed E-state index contributed by atoms with van der Waals surface area (Å²) in [5, 5.41) is 14.3. The predicted octanol–water partition coefficient (Wildman–Crippen LogP) is 2.02. The largest absolute Gasteiger partial charge is 0.478 e. The molecule has 1 fully saturated rings. The van der Waals surface area contributed by atoms with E-state index >= 15 is 0 Å². The number of rotatable bonds is 5. The Bertz CT molecular complexity index is 579. The maximum absolute atomic E-state index is 12.1. The lowest BCUT2D eigenvalue weighted by molar-refractivity contribution is -0.128. The summed E-state index contributed by atoms with van der Waals surface area (Å²) in [6, 6.07) is 5.33. The van der Waals surface area contributed by atoms with Crippen LogP contribution >= 0.6 is 0 Å². The minimum atomic E-state index is -1.06. The van der Waals surface area contributed by atoms with E-state index in [1.807, 2.05) is 0 Å². The number of carboxylic acids is 1. The fraction of sp³-hybridized carbons (Fsp3) is 0.438. The summed E-state index contributed by atoms with van der Waals surface area (Å²) in [6.07, 6.45) is 3.86. The van der Waals surface area contributed by atoms with Crippen LogP contribution in [0.25, 0.3) is 0 Å². The van der Waals surface area contributed by atoms with Gasteiger partial charge in [-0.2, -0.15) is 0 Å². The Morgan fingerprint density at radius 2 is 1.91 bits per heavy atom. The van der Waals surface area contributed by atoms with Crippen molar-refractivity contribution in [2.75, 3.05) is 5.32 Å². The third-order valence-electron chi connectivity index (χ3n) is 3.86. The molecule has 1 atom stereocenters. The summed E-state index contributed by atoms with van der Waals surface area (Å²) in [4.78, 5) is 35.0. The molecule has 1 aliphatic carbocycles. The maximum atomic E-state index is 12.1. The van der Waals surface area contributed by atoms with Gasteiger partial charge in [0.05, 0.1) is 5.56 Å². The monoisotopic (exact) mass is 304 g/mol. The van der Waals surface area contributed by atoms with Gasteiger partial charge >= 0.3 is 5.97 Å². The summed E-state index contributed by atoms with van der Waals surface area (Å²) >= 11 is 0. The number of carboxylic acid groups (broad SMARTS) is 1. The summed E-state index contributed by atoms with van der Waals surface area (Å²) < 4.78 is 0. The average Bonchev–Trinajstić information content (AvgIpc) is 3.01. The fourth-order valence-electron chi connectivity index (χ4n) is 2.57. The van der Waals surface area contributed by atoms with Gasteiger partial charge in [0.15, 0.2) is 0 Å². The van der Waals surface area contributed by atoms with Crippen LogP contribution in [-0.4, -0.2) is 28.9 Å². The molecule has 6 nitrogen and oxygen atoms in total. The lowest BCUT2D eigenvalue weighted by Gasteiger charge is -2.17. The first-order chi connectivity index (χ1) is 10.5. The van der Waals surface area contributed by atoms with Gasteiger partial charge in [0.1, 0.15) is 6.04 Å². The normalized spacial score (nSPS) is 16.0. The van der Waals surface area contributed by atoms with E-state index in [1.54, 1.807) is 19.1 Å². The molecule has 0 saturated heterocycles. The average molecular weight is 304 g/mol. The zero-order valence-electron chi connectivity index (χ0n) is 12.5. The fourth-order valence-corrected chi connectivity index (χ4v) is 2.57. The van der Waals surface area contributed by atoms with Crippen LogP contribution in [-0.2, 0) is 9.59 Å². The first-order valence-electron chi connectivity index (χ1n) is 7.42. The number of amides is 2. The van der Waals surface area contributed by atoms with Crippen molar-refractivity contribution in [2.45, 2.75) is 38.6 Å². The van der Waals surface area contributed by atoms with Gasteiger partial charge in [-0.15, -0.1) is 0 Å². The van der Waals surface area contributed by atoms with Crippen molar-refractivity contribution in [3.8, 4) is 0 Å². The molecule has 0 bridgehead atoms. The number of benzene rings is 1. The second-order valence-electron chi connectivity index (χ2n) is 5.59. The Kier molecular flexibility index (Phi) is 5.14. The van der Waals surface area contributed by atoms with Crippen molar-refractivity contribution in [3.63, 3.8) is 0 Å². The molecule has 0 spiro atoms. The molecule has 3 N–H and O–H groups in total. The van der Waals surface area contributed by atoms with Crippen LogP contribution < -0.4 is 10.6 Å². The van der Waals surface area contributed by atoms with Crippen LogP contribution in [0.3, 0.4) is 0 Å². The first kappa shape index (κ1) is 16.0. The highest BCUT2D eigenvalue weighted by atomic mass is 16.4. The summed E-state index contributed by atoms with van der Waals surface area (Å²) in [5.74, 6) is -1.50. The van der Waals surface area contributed by atoms with Crippen molar-refractivity contribution in [1.29, 1.82) is 0 Å². The SMILES string of the molecule is CC(NC(=O)C1CCCC1)C(=O)Nc1cccc(C(=O)O)c1. The molecule has 0 radical (unpaired) electrons. The van der Waals surface area contributed by atoms with Crippen molar-refractivity contribution in [1.82, 2.24) is 5.32 Å². The molecule has 1 unspecified atom stereocenters. The highest BCUT2D eigenvalue weighted by Gasteiger charge is 2.25. The molecule has 1 saturated carbocycles. The number of anilines is 1. The number of aromatic carboxylic acids is 1. The Balaban J connectivity index is 1.92. The number of hydrogen-bond donors (Lipinski definition) is 3. The Morgan fingerprint density at radius 1 is 1.23 bits per heavy atom. The minimum Gasteiger partial charge on any atom is -0.478 e. The number of nitrogens with one attached hydrogen (secondary N) is 2. The van der Waals surface area contributed by atoms with Gasteiger partial charge in [0.25, 0.3) is 0 Å². The molecule has 1 aromatic rings. The molecule has 0 aliphatic heterocycles. The van der Waals surface area contributed by atoms with E-state index in [2.05, 4.69) is 10.6 Å². The van der Waals surface area contributed by atoms with Crippen LogP contribution in [0, 0.1) is 5.92 Å². The highest BCUT2D eigenvalue weighted by molar-refractivity contribution is 5.98. The molecule has 0 heterocycles. The number of hydrogen-bond acceptors (Lipinski definition) is 3. The number of carbonyl (C=O) groups is 3. The second-order valence-corrected chi connectivity index (χ2v) is 5.59. The van der Waals surface area contributed by atoms with Gasteiger partial charge in [-0.05, 0) is 38.0 Å². The molecule has 6 heteroatoms. The molecular weight excluding hydrogens is 284 g/mol. The standard InChI is InChI=1S/C16H20N2O4/c1-10(17-15(20)11-5-2-3-6-11)14(19)18-13-8-4-7-12(9-13)16(21)22/h4,7-11H,2-3,5-6H2,1H3,(H,17,20)(H,18,19)(H,21,22). The molecule has 118 valence electrons. The Hall–Kier alpha value is -2.37. The van der Waals surface area contributed by atoms with E-state index in [1.165, 1.54) is 12.1 Å². The summed E-state index contributed by atoms with van der Waals surface area (Å²) in [7, 11) is 0. The quantitative estimate of drug-likeness (QED) is 0.775. The molecule has 1 aliphatic rings. The van der Waals surface area contributed by atoms with E-state index in [4.69, 9.17) is 5.11 Å². The van der Waals surface area contributed by atoms with E-state index < -0.39 is 12.0 Å². The Labute approximate surface area is 128 Å². The first-order valence-corrected chi connectivity index (χ1v) is 7.42. The van der Waals surface area contributed by atoms with Crippen molar-refractivity contribution in [3.05, 3.63) is 29.8 Å². The zero-order valence-corrected chi connectivity index (χ0v) is 12.5. The van der Waals surface area contributed by atoms with Crippen LogP contribution in [0.1, 0.15) is 43.0 Å². The maximum Gasteiger partial charge on any atom is 0.335 e. The molecular formula is C16H20N2O4. The molecule has 0 aromatic heterocycles. The van der Waals surface area contributed by atoms with Crippen LogP contribution in [0.5, 0.6) is 0 Å². The second kappa shape index (κ2) is 7.06. The third-order valence-corrected chi connectivity index (χ3v) is 3.86. The van der Waals surface area contributed by atoms with Crippen molar-refractivity contribution in [2.24, 2.45) is 5.92 Å². The predicted molar refractivity (Wildman–Crippen MR) is 81.6 cm³/mol. The lowest BCUT2D eigenvalue weighted by Crippen LogP contribution is -2.43. The van der Waals surface area contributed by atoms with Crippen LogP contribution in [0.4, 0.5) is 5.69 Å². The summed E-state index contributed by atoms with van der Waals surface area (Å²) in [5.41, 5.74) is 0.493. The minimum absolute atomic E-state index is 0.00517.